The lowest BCUT2D eigenvalue weighted by Gasteiger charge is -2.49. The fourth-order valence-corrected chi connectivity index (χ4v) is 9.66. The Kier molecular flexibility index (Phi) is 32.6. The molecule has 3 rings (SSSR count). The van der Waals surface area contributed by atoms with Crippen molar-refractivity contribution < 1.29 is 42.1 Å². The molecule has 0 N–H and O–H groups in total. The lowest BCUT2D eigenvalue weighted by molar-refractivity contribution is -0.942. The van der Waals surface area contributed by atoms with Gasteiger partial charge in [0.05, 0.1) is 26.2 Å². The summed E-state index contributed by atoms with van der Waals surface area (Å²) in [6, 6.07) is 0. The number of carbonyl (C=O) groups is 2. The molecular weight excluding hydrogens is 750 g/mol. The van der Waals surface area contributed by atoms with E-state index in [0.29, 0.717) is 19.4 Å². The van der Waals surface area contributed by atoms with Crippen molar-refractivity contribution in [1.82, 2.24) is 0 Å². The Morgan fingerprint density at radius 3 is 1.29 bits per heavy atom. The second kappa shape index (κ2) is 35.6. The van der Waals surface area contributed by atoms with Crippen molar-refractivity contribution in [3.63, 3.8) is 0 Å². The minimum atomic E-state index is -4.62. The number of hydrogen-bond acceptors (Lipinski definition) is 8. The number of ether oxygens (including phenoxy) is 2. The maximum absolute atomic E-state index is 12.8. The van der Waals surface area contributed by atoms with E-state index in [2.05, 4.69) is 13.8 Å². The predicted octanol–water partition coefficient (Wildman–Crippen LogP) is 13.1. The van der Waals surface area contributed by atoms with E-state index >= 15 is 0 Å². The van der Waals surface area contributed by atoms with Gasteiger partial charge in [-0.3, -0.25) is 14.2 Å². The number of nitrogens with zero attached hydrogens (tertiary/aromatic N) is 1. The van der Waals surface area contributed by atoms with Crippen LogP contribution in [0.15, 0.2) is 0 Å². The molecule has 0 aromatic rings. The van der Waals surface area contributed by atoms with Crippen LogP contribution in [0.3, 0.4) is 0 Å². The third kappa shape index (κ3) is 29.3. The Morgan fingerprint density at radius 1 is 0.534 bits per heavy atom. The molecule has 10 heteroatoms. The molecule has 0 amide bonds. The molecule has 0 spiro atoms. The molecule has 0 aromatic heterocycles. The molecule has 3 heterocycles. The van der Waals surface area contributed by atoms with Crippen molar-refractivity contribution in [2.24, 2.45) is 5.92 Å². The van der Waals surface area contributed by atoms with E-state index in [1.807, 2.05) is 0 Å². The molecule has 0 saturated carbocycles. The number of carbonyl (C=O) groups excluding carboxylic acids is 2. The van der Waals surface area contributed by atoms with E-state index in [0.717, 1.165) is 62.1 Å². The number of unbranched alkanes of at least 4 members (excludes halogenated alkanes) is 28. The highest BCUT2D eigenvalue weighted by molar-refractivity contribution is 7.45. The molecule has 3 fully saturated rings. The molecule has 342 valence electrons. The summed E-state index contributed by atoms with van der Waals surface area (Å²) in [5.41, 5.74) is 0. The van der Waals surface area contributed by atoms with Gasteiger partial charge in [-0.25, -0.2) is 0 Å². The number of esters is 2. The van der Waals surface area contributed by atoms with Gasteiger partial charge in [0.1, 0.15) is 19.8 Å². The monoisotopic (exact) mass is 842 g/mol. The van der Waals surface area contributed by atoms with Gasteiger partial charge in [0, 0.05) is 12.8 Å². The molecule has 0 radical (unpaired) electrons. The van der Waals surface area contributed by atoms with E-state index in [9.17, 15) is 19.0 Å². The topological polar surface area (TPSA) is 111 Å². The van der Waals surface area contributed by atoms with Crippen LogP contribution in [0.1, 0.15) is 239 Å². The normalized spacial score (nSPS) is 19.3. The maximum Gasteiger partial charge on any atom is 0.306 e. The maximum atomic E-state index is 12.8. The zero-order chi connectivity index (χ0) is 41.8. The van der Waals surface area contributed by atoms with Crippen LogP contribution in [0.5, 0.6) is 0 Å². The fourth-order valence-electron chi connectivity index (χ4n) is 8.93. The molecule has 58 heavy (non-hydrogen) atoms. The SMILES string of the molecule is CCCCCCCCCCCCCCCCCC(=O)OCC(COP(=O)([O-])OCC[N+]12CCC(CC1)CC2)OC(=O)CCCCCCCCCCCCCCCCC. The van der Waals surface area contributed by atoms with E-state index in [1.54, 1.807) is 0 Å². The smallest absolute Gasteiger partial charge is 0.306 e. The number of quaternary nitrogens is 1. The molecule has 0 aliphatic carbocycles. The lowest BCUT2D eigenvalue weighted by atomic mass is 9.86. The molecule has 3 aliphatic heterocycles. The first kappa shape index (κ1) is 53.1. The van der Waals surface area contributed by atoms with Crippen molar-refractivity contribution in [2.45, 2.75) is 245 Å². The van der Waals surface area contributed by atoms with Crippen LogP contribution in [-0.4, -0.2) is 68.5 Å². The van der Waals surface area contributed by atoms with Crippen LogP contribution in [0.2, 0.25) is 0 Å². The summed E-state index contributed by atoms with van der Waals surface area (Å²) in [4.78, 5) is 38.1. The lowest BCUT2D eigenvalue weighted by Crippen LogP contribution is -2.59. The van der Waals surface area contributed by atoms with Gasteiger partial charge >= 0.3 is 11.9 Å². The van der Waals surface area contributed by atoms with Gasteiger partial charge in [-0.15, -0.1) is 0 Å². The third-order valence-corrected chi connectivity index (χ3v) is 13.9. The van der Waals surface area contributed by atoms with Gasteiger partial charge in [0.2, 0.25) is 0 Å². The van der Waals surface area contributed by atoms with Gasteiger partial charge in [-0.05, 0) is 38.0 Å². The van der Waals surface area contributed by atoms with E-state index in [-0.39, 0.29) is 25.6 Å². The summed E-state index contributed by atoms with van der Waals surface area (Å²) < 4.78 is 35.2. The third-order valence-electron chi connectivity index (χ3n) is 13.0. The van der Waals surface area contributed by atoms with Crippen LogP contribution < -0.4 is 4.89 Å². The quantitative estimate of drug-likeness (QED) is 0.0258. The van der Waals surface area contributed by atoms with Gasteiger partial charge in [0.15, 0.2) is 6.10 Å². The Hall–Kier alpha value is -0.990. The van der Waals surface area contributed by atoms with Crippen LogP contribution in [0.4, 0.5) is 0 Å². The van der Waals surface area contributed by atoms with E-state index in [4.69, 9.17) is 18.5 Å². The van der Waals surface area contributed by atoms with Crippen molar-refractivity contribution >= 4 is 19.8 Å². The van der Waals surface area contributed by atoms with Crippen LogP contribution in [0.25, 0.3) is 0 Å². The summed E-state index contributed by atoms with van der Waals surface area (Å²) in [6.07, 6.45) is 40.7. The van der Waals surface area contributed by atoms with E-state index in [1.165, 1.54) is 173 Å². The second-order valence-electron chi connectivity index (χ2n) is 18.2. The summed E-state index contributed by atoms with van der Waals surface area (Å²) in [5, 5.41) is 0. The van der Waals surface area contributed by atoms with Crippen LogP contribution in [0, 0.1) is 5.92 Å². The second-order valence-corrected chi connectivity index (χ2v) is 19.6. The zero-order valence-electron chi connectivity index (χ0n) is 38.0. The minimum absolute atomic E-state index is 0.0728. The Balaban J connectivity index is 1.61. The predicted molar refractivity (Wildman–Crippen MR) is 237 cm³/mol. The first-order valence-corrected chi connectivity index (χ1v) is 26.5. The average Bonchev–Trinajstić information content (AvgIpc) is 3.22. The van der Waals surface area contributed by atoms with Crippen LogP contribution >= 0.6 is 7.82 Å². The largest absolute Gasteiger partial charge is 0.756 e. The van der Waals surface area contributed by atoms with Crippen molar-refractivity contribution in [1.29, 1.82) is 0 Å². The number of rotatable bonds is 42. The summed E-state index contributed by atoms with van der Waals surface area (Å²) in [5.74, 6) is 0.0403. The van der Waals surface area contributed by atoms with Gasteiger partial charge in [0.25, 0.3) is 7.82 Å². The van der Waals surface area contributed by atoms with Gasteiger partial charge in [-0.2, -0.15) is 0 Å². The first-order valence-electron chi connectivity index (χ1n) is 25.1. The number of fused-ring (bicyclic) bond motifs is 3. The fraction of sp³-hybridized carbons (Fsp3) is 0.958. The van der Waals surface area contributed by atoms with E-state index < -0.39 is 26.5 Å². The molecule has 3 aliphatic rings. The van der Waals surface area contributed by atoms with Gasteiger partial charge in [-0.1, -0.05) is 194 Å². The molecule has 9 nitrogen and oxygen atoms in total. The molecule has 2 unspecified atom stereocenters. The molecule has 2 atom stereocenters. The number of hydrogen-bond donors (Lipinski definition) is 0. The number of phosphoric ester groups is 1. The minimum Gasteiger partial charge on any atom is -0.756 e. The molecule has 3 saturated heterocycles. The number of piperidine rings is 3. The Labute approximate surface area is 357 Å². The zero-order valence-corrected chi connectivity index (χ0v) is 38.9. The molecule has 0 aromatic carbocycles. The van der Waals surface area contributed by atoms with Gasteiger partial charge < -0.3 is 27.9 Å². The average molecular weight is 842 g/mol. The van der Waals surface area contributed by atoms with Crippen molar-refractivity contribution in [3.8, 4) is 0 Å². The molecule has 2 bridgehead atoms. The Morgan fingerprint density at radius 2 is 0.897 bits per heavy atom. The highest BCUT2D eigenvalue weighted by atomic mass is 31.2. The standard InChI is InChI=1S/C48H92NO8P/c1-3-5-7-9-11-13-15-17-19-21-23-25-27-29-31-33-47(50)54-43-46(44-56-58(52,53)55-42-41-49-38-35-45(36-39-49)37-40-49)57-48(51)34-32-30-28-26-24-22-20-18-16-14-12-10-8-6-4-2/h45-46H,3-44H2,1-2H3. The van der Waals surface area contributed by atoms with Crippen molar-refractivity contribution in [2.75, 3.05) is 46.0 Å². The Bertz CT molecular complexity index is 1020. The first-order chi connectivity index (χ1) is 28.3. The highest BCUT2D eigenvalue weighted by Crippen LogP contribution is 2.39. The van der Waals surface area contributed by atoms with Crippen molar-refractivity contribution in [3.05, 3.63) is 0 Å². The summed E-state index contributed by atoms with van der Waals surface area (Å²) >= 11 is 0. The highest BCUT2D eigenvalue weighted by Gasteiger charge is 2.39. The van der Waals surface area contributed by atoms with Crippen LogP contribution in [-0.2, 0) is 32.7 Å². The number of phosphoric acid groups is 1. The summed E-state index contributed by atoms with van der Waals surface area (Å²) in [6.45, 7) is 7.84. The summed E-state index contributed by atoms with van der Waals surface area (Å²) in [7, 11) is -4.62. The molecular formula is C48H92NO8P.